The van der Waals surface area contributed by atoms with Crippen molar-refractivity contribution in [3.63, 3.8) is 0 Å². The van der Waals surface area contributed by atoms with Gasteiger partial charge >= 0.3 is 12.1 Å². The molecule has 0 aliphatic carbocycles. The van der Waals surface area contributed by atoms with E-state index in [1.54, 1.807) is 22.6 Å². The Bertz CT molecular complexity index is 548. The minimum atomic E-state index is -4.89. The van der Waals surface area contributed by atoms with Gasteiger partial charge in [0.1, 0.15) is 9.74 Å². The lowest BCUT2D eigenvalue weighted by atomic mass is 10.1. The lowest BCUT2D eigenvalue weighted by Crippen LogP contribution is -2.34. The number of amides is 1. The highest BCUT2D eigenvalue weighted by Gasteiger charge is 2.35. The molecule has 1 N–H and O–H groups in total. The third kappa shape index (κ3) is 4.55. The number of carbonyl (C=O) groups is 2. The highest BCUT2D eigenvalue weighted by molar-refractivity contribution is 14.1. The summed E-state index contributed by atoms with van der Waals surface area (Å²) in [7, 11) is 1.16. The zero-order valence-electron chi connectivity index (χ0n) is 10.6. The van der Waals surface area contributed by atoms with Gasteiger partial charge in [0, 0.05) is 6.54 Å². The number of esters is 1. The predicted octanol–water partition coefficient (Wildman–Crippen LogP) is 2.55. The van der Waals surface area contributed by atoms with E-state index in [4.69, 9.17) is 0 Å². The molecule has 1 unspecified atom stereocenters. The van der Waals surface area contributed by atoms with Gasteiger partial charge in [0.15, 0.2) is 0 Å². The number of ether oxygens (including phenoxy) is 1. The number of hydrogen-bond donors (Lipinski definition) is 1. The van der Waals surface area contributed by atoms with Crippen LogP contribution in [0.4, 0.5) is 17.6 Å². The molecule has 1 rings (SSSR count). The van der Waals surface area contributed by atoms with Crippen LogP contribution in [0.5, 0.6) is 0 Å². The number of methoxy groups -OCH3 is 1. The fourth-order valence-electron chi connectivity index (χ4n) is 1.42. The van der Waals surface area contributed by atoms with Crippen molar-refractivity contribution in [3.05, 3.63) is 35.1 Å². The van der Waals surface area contributed by atoms with E-state index in [9.17, 15) is 27.2 Å². The molecule has 0 aliphatic rings. The summed E-state index contributed by atoms with van der Waals surface area (Å²) in [4.78, 5) is 22.8. The third-order valence-corrected chi connectivity index (χ3v) is 3.40. The van der Waals surface area contributed by atoms with Crippen molar-refractivity contribution in [1.82, 2.24) is 5.32 Å². The molecule has 0 bridgehead atoms. The second kappa shape index (κ2) is 7.05. The third-order valence-electron chi connectivity index (χ3n) is 2.45. The van der Waals surface area contributed by atoms with Gasteiger partial charge in [0.2, 0.25) is 0 Å². The van der Waals surface area contributed by atoms with E-state index in [1.807, 2.05) is 0 Å². The Labute approximate surface area is 131 Å². The van der Waals surface area contributed by atoms with Crippen LogP contribution in [0.15, 0.2) is 18.2 Å². The van der Waals surface area contributed by atoms with Gasteiger partial charge in [-0.05, 0) is 12.1 Å². The molecule has 0 radical (unpaired) electrons. The second-order valence-electron chi connectivity index (χ2n) is 3.87. The van der Waals surface area contributed by atoms with Crippen LogP contribution in [0.1, 0.15) is 15.9 Å². The molecule has 0 heterocycles. The fourth-order valence-corrected chi connectivity index (χ4v) is 1.89. The van der Waals surface area contributed by atoms with Crippen molar-refractivity contribution in [2.24, 2.45) is 0 Å². The summed E-state index contributed by atoms with van der Waals surface area (Å²) < 4.78 is 55.0. The van der Waals surface area contributed by atoms with Crippen molar-refractivity contribution < 1.29 is 31.9 Å². The molecule has 1 aromatic rings. The van der Waals surface area contributed by atoms with Crippen LogP contribution in [-0.2, 0) is 15.7 Å². The minimum absolute atomic E-state index is 0.193. The number of hydrogen-bond acceptors (Lipinski definition) is 3. The molecule has 0 spiro atoms. The molecule has 21 heavy (non-hydrogen) atoms. The quantitative estimate of drug-likeness (QED) is 0.354. The van der Waals surface area contributed by atoms with Gasteiger partial charge in [-0.1, -0.05) is 28.7 Å². The largest absolute Gasteiger partial charge is 0.468 e. The molecule has 1 aromatic carbocycles. The molecule has 0 saturated heterocycles. The molecule has 9 heteroatoms. The molecule has 1 atom stereocenters. The lowest BCUT2D eigenvalue weighted by molar-refractivity contribution is -0.140. The highest BCUT2D eigenvalue weighted by atomic mass is 127. The van der Waals surface area contributed by atoms with Crippen LogP contribution in [0, 0.1) is 5.82 Å². The molecule has 1 amide bonds. The Morgan fingerprint density at radius 1 is 1.38 bits per heavy atom. The minimum Gasteiger partial charge on any atom is -0.468 e. The maximum absolute atomic E-state index is 13.7. The van der Waals surface area contributed by atoms with Crippen LogP contribution >= 0.6 is 22.6 Å². The van der Waals surface area contributed by atoms with Gasteiger partial charge in [0.25, 0.3) is 5.91 Å². The van der Waals surface area contributed by atoms with Crippen LogP contribution in [-0.4, -0.2) is 29.5 Å². The number of halogens is 5. The number of carbonyl (C=O) groups excluding carboxylic acids is 2. The van der Waals surface area contributed by atoms with Crippen LogP contribution < -0.4 is 5.32 Å². The van der Waals surface area contributed by atoms with Crippen molar-refractivity contribution >= 4 is 34.5 Å². The Morgan fingerprint density at radius 3 is 2.52 bits per heavy atom. The van der Waals surface area contributed by atoms with Crippen molar-refractivity contribution in [2.75, 3.05) is 13.7 Å². The molecule has 4 nitrogen and oxygen atoms in total. The molecule has 0 aromatic heterocycles. The summed E-state index contributed by atoms with van der Waals surface area (Å²) in [6.45, 7) is -0.193. The van der Waals surface area contributed by atoms with E-state index in [0.29, 0.717) is 6.07 Å². The Kier molecular flexibility index (Phi) is 5.93. The van der Waals surface area contributed by atoms with E-state index in [2.05, 4.69) is 10.1 Å². The van der Waals surface area contributed by atoms with Gasteiger partial charge < -0.3 is 10.1 Å². The summed E-state index contributed by atoms with van der Waals surface area (Å²) in [6, 6.07) is 2.41. The number of nitrogens with one attached hydrogen (secondary N) is 1. The van der Waals surface area contributed by atoms with E-state index >= 15 is 0 Å². The zero-order valence-corrected chi connectivity index (χ0v) is 12.8. The van der Waals surface area contributed by atoms with Crippen LogP contribution in [0.25, 0.3) is 0 Å². The van der Waals surface area contributed by atoms with E-state index in [-0.39, 0.29) is 6.54 Å². The first-order valence-electron chi connectivity index (χ1n) is 5.54. The molecule has 0 fully saturated rings. The number of benzene rings is 1. The first kappa shape index (κ1) is 17.7. The first-order valence-corrected chi connectivity index (χ1v) is 6.78. The maximum atomic E-state index is 13.7. The first-order chi connectivity index (χ1) is 9.68. The Morgan fingerprint density at radius 2 is 2.00 bits per heavy atom. The van der Waals surface area contributed by atoms with E-state index in [1.165, 1.54) is 0 Å². The summed E-state index contributed by atoms with van der Waals surface area (Å²) in [5.74, 6) is -3.30. The summed E-state index contributed by atoms with van der Waals surface area (Å²) in [5, 5.41) is 2.18. The number of alkyl halides is 4. The van der Waals surface area contributed by atoms with Gasteiger partial charge in [0.05, 0.1) is 18.2 Å². The smallest absolute Gasteiger partial charge is 0.419 e. The fraction of sp³-hybridized carbons (Fsp3) is 0.333. The average molecular weight is 419 g/mol. The zero-order chi connectivity index (χ0) is 16.2. The standard InChI is InChI=1S/C12H10F4INO3/c1-21-11(20)8(17)5-18-10(19)6-3-2-4-7(9(6)13)12(14,15)16/h2-4,8H,5H2,1H3,(H,18,19). The van der Waals surface area contributed by atoms with Gasteiger partial charge in [-0.15, -0.1) is 0 Å². The van der Waals surface area contributed by atoms with Crippen molar-refractivity contribution in [1.29, 1.82) is 0 Å². The van der Waals surface area contributed by atoms with Crippen molar-refractivity contribution in [3.8, 4) is 0 Å². The molecular formula is C12H10F4INO3. The molecular weight excluding hydrogens is 409 g/mol. The second-order valence-corrected chi connectivity index (χ2v) is 5.37. The highest BCUT2D eigenvalue weighted by Crippen LogP contribution is 2.32. The summed E-state index contributed by atoms with van der Waals surface area (Å²) in [5.41, 5.74) is -2.26. The maximum Gasteiger partial charge on any atom is 0.419 e. The van der Waals surface area contributed by atoms with E-state index in [0.717, 1.165) is 19.2 Å². The molecule has 116 valence electrons. The molecule has 0 aliphatic heterocycles. The van der Waals surface area contributed by atoms with Gasteiger partial charge in [-0.3, -0.25) is 9.59 Å². The Balaban J connectivity index is 2.87. The van der Waals surface area contributed by atoms with E-state index < -0.39 is 38.9 Å². The van der Waals surface area contributed by atoms with Gasteiger partial charge in [-0.25, -0.2) is 4.39 Å². The molecule has 0 saturated carbocycles. The topological polar surface area (TPSA) is 55.4 Å². The van der Waals surface area contributed by atoms with Crippen molar-refractivity contribution in [2.45, 2.75) is 10.1 Å². The number of rotatable bonds is 4. The summed E-state index contributed by atoms with van der Waals surface area (Å²) >= 11 is 1.69. The SMILES string of the molecule is COC(=O)C(I)CNC(=O)c1cccc(C(F)(F)F)c1F. The van der Waals surface area contributed by atoms with Gasteiger partial charge in [-0.2, -0.15) is 13.2 Å². The average Bonchev–Trinajstić information content (AvgIpc) is 2.42. The van der Waals surface area contributed by atoms with Crippen LogP contribution in [0.2, 0.25) is 0 Å². The predicted molar refractivity (Wildman–Crippen MR) is 73.6 cm³/mol. The normalized spacial score (nSPS) is 12.7. The Hall–Kier alpha value is -1.39. The summed E-state index contributed by atoms with van der Waals surface area (Å²) in [6.07, 6.45) is -4.89. The lowest BCUT2D eigenvalue weighted by Gasteiger charge is -2.12. The van der Waals surface area contributed by atoms with Crippen LogP contribution in [0.3, 0.4) is 0 Å². The monoisotopic (exact) mass is 419 g/mol.